The molecule has 1 heterocycles. The second-order valence-corrected chi connectivity index (χ2v) is 8.26. The number of hydrogen-bond donors (Lipinski definition) is 1. The summed E-state index contributed by atoms with van der Waals surface area (Å²) in [6.07, 6.45) is 7.08. The van der Waals surface area contributed by atoms with Gasteiger partial charge in [0.2, 0.25) is 10.0 Å². The largest absolute Gasteiger partial charge is 0.398 e. The number of allylic oxidation sites excluding steroid dienone is 2. The maximum atomic E-state index is 13.2. The van der Waals surface area contributed by atoms with Crippen LogP contribution in [0.3, 0.4) is 0 Å². The van der Waals surface area contributed by atoms with Crippen molar-refractivity contribution in [1.29, 1.82) is 0 Å². The Labute approximate surface area is 154 Å². The molecule has 0 fully saturated rings. The fourth-order valence-corrected chi connectivity index (χ4v) is 5.26. The number of rotatable bonds is 2. The van der Waals surface area contributed by atoms with Crippen molar-refractivity contribution >= 4 is 38.9 Å². The quantitative estimate of drug-likeness (QED) is 0.809. The van der Waals surface area contributed by atoms with E-state index in [-0.39, 0.29) is 12.4 Å². The summed E-state index contributed by atoms with van der Waals surface area (Å²) in [5, 5.41) is 1.48. The van der Waals surface area contributed by atoms with E-state index in [1.807, 2.05) is 12.1 Å². The molecule has 25 heavy (non-hydrogen) atoms. The highest BCUT2D eigenvalue weighted by Crippen LogP contribution is 2.33. The molecule has 2 N–H and O–H groups in total. The zero-order chi connectivity index (χ0) is 16.7. The summed E-state index contributed by atoms with van der Waals surface area (Å²) in [5.41, 5.74) is 9.18. The number of halogens is 1. The summed E-state index contributed by atoms with van der Waals surface area (Å²) in [6, 6.07) is 10.7. The normalized spacial score (nSPS) is 18.1. The molecule has 6 heteroatoms. The first-order valence-corrected chi connectivity index (χ1v) is 9.66. The molecule has 0 saturated heterocycles. The van der Waals surface area contributed by atoms with E-state index in [0.717, 1.165) is 24.6 Å². The summed E-state index contributed by atoms with van der Waals surface area (Å²) in [7, 11) is -3.54. The number of nitrogens with zero attached hydrogens (tertiary/aromatic N) is 1. The molecule has 2 aliphatic rings. The van der Waals surface area contributed by atoms with Gasteiger partial charge in [-0.1, -0.05) is 42.0 Å². The van der Waals surface area contributed by atoms with E-state index in [1.54, 1.807) is 28.6 Å². The minimum absolute atomic E-state index is 0. The highest BCUT2D eigenvalue weighted by atomic mass is 35.5. The molecule has 0 radical (unpaired) electrons. The molecular formula is C19H21ClN2O2S. The lowest BCUT2D eigenvalue weighted by molar-refractivity contribution is 0.417. The lowest BCUT2D eigenvalue weighted by Gasteiger charge is -2.31. The van der Waals surface area contributed by atoms with Crippen molar-refractivity contribution in [2.75, 3.05) is 18.8 Å². The van der Waals surface area contributed by atoms with Gasteiger partial charge in [0.05, 0.1) is 4.90 Å². The smallest absolute Gasteiger partial charge is 0.243 e. The van der Waals surface area contributed by atoms with Gasteiger partial charge in [0.25, 0.3) is 0 Å². The second kappa shape index (κ2) is 6.83. The minimum atomic E-state index is -3.54. The predicted molar refractivity (Wildman–Crippen MR) is 104 cm³/mol. The molecule has 0 atom stereocenters. The molecule has 0 saturated carbocycles. The molecule has 0 aromatic heterocycles. The van der Waals surface area contributed by atoms with Crippen LogP contribution in [-0.2, 0) is 10.0 Å². The molecule has 2 aromatic rings. The summed E-state index contributed by atoms with van der Waals surface area (Å²) in [6.45, 7) is 1.03. The average molecular weight is 377 g/mol. The van der Waals surface area contributed by atoms with Gasteiger partial charge in [-0.3, -0.25) is 0 Å². The van der Waals surface area contributed by atoms with E-state index in [0.29, 0.717) is 29.1 Å². The van der Waals surface area contributed by atoms with E-state index >= 15 is 0 Å². The van der Waals surface area contributed by atoms with Crippen LogP contribution >= 0.6 is 12.4 Å². The molecule has 2 aromatic carbocycles. The Balaban J connectivity index is 0.00000182. The van der Waals surface area contributed by atoms with Crippen LogP contribution in [0, 0.1) is 0 Å². The Morgan fingerprint density at radius 1 is 1.00 bits per heavy atom. The fraction of sp³-hybridized carbons (Fsp3) is 0.263. The van der Waals surface area contributed by atoms with Gasteiger partial charge in [0.15, 0.2) is 0 Å². The van der Waals surface area contributed by atoms with Gasteiger partial charge < -0.3 is 5.73 Å². The van der Waals surface area contributed by atoms with Crippen molar-refractivity contribution in [3.8, 4) is 0 Å². The zero-order valence-corrected chi connectivity index (χ0v) is 15.4. The Kier molecular flexibility index (Phi) is 4.91. The summed E-state index contributed by atoms with van der Waals surface area (Å²) >= 11 is 0. The topological polar surface area (TPSA) is 63.4 Å². The van der Waals surface area contributed by atoms with Crippen molar-refractivity contribution in [1.82, 2.24) is 4.31 Å². The van der Waals surface area contributed by atoms with Gasteiger partial charge in [-0.05, 0) is 37.0 Å². The standard InChI is InChI=1S/C19H20N2O2S.ClH/c20-18-9-3-8-17-16(18)7-4-10-19(17)24(22,23)21-12-11-14-5-1-2-6-15(14)13-21;/h1,3-5,7-10H,2,6,11-13,20H2;1H. The number of hydrogen-bond acceptors (Lipinski definition) is 3. The van der Waals surface area contributed by atoms with Gasteiger partial charge in [-0.25, -0.2) is 8.42 Å². The molecule has 0 amide bonds. The average Bonchev–Trinajstić information content (AvgIpc) is 2.61. The molecule has 0 bridgehead atoms. The minimum Gasteiger partial charge on any atom is -0.398 e. The number of sulfonamides is 1. The highest BCUT2D eigenvalue weighted by Gasteiger charge is 2.30. The van der Waals surface area contributed by atoms with Crippen molar-refractivity contribution in [3.63, 3.8) is 0 Å². The highest BCUT2D eigenvalue weighted by molar-refractivity contribution is 7.89. The molecule has 1 aliphatic heterocycles. The van der Waals surface area contributed by atoms with Crippen molar-refractivity contribution in [3.05, 3.63) is 59.7 Å². The van der Waals surface area contributed by atoms with Crippen molar-refractivity contribution < 1.29 is 8.42 Å². The van der Waals surface area contributed by atoms with Gasteiger partial charge in [0, 0.05) is 29.5 Å². The van der Waals surface area contributed by atoms with Crippen LogP contribution in [0.15, 0.2) is 64.6 Å². The molecule has 0 unspecified atom stereocenters. The fourth-order valence-electron chi connectivity index (χ4n) is 3.61. The predicted octanol–water partition coefficient (Wildman–Crippen LogP) is 3.88. The van der Waals surface area contributed by atoms with Crippen molar-refractivity contribution in [2.24, 2.45) is 0 Å². The van der Waals surface area contributed by atoms with Crippen LogP contribution in [0.25, 0.3) is 10.8 Å². The molecule has 4 nitrogen and oxygen atoms in total. The lowest BCUT2D eigenvalue weighted by atomic mass is 9.93. The molecule has 132 valence electrons. The number of anilines is 1. The summed E-state index contributed by atoms with van der Waals surface area (Å²) < 4.78 is 28.1. The molecule has 4 rings (SSSR count). The third-order valence-corrected chi connectivity index (χ3v) is 6.82. The maximum absolute atomic E-state index is 13.2. The molecule has 0 spiro atoms. The van der Waals surface area contributed by atoms with E-state index in [4.69, 9.17) is 5.73 Å². The Hall–Kier alpha value is -1.82. The van der Waals surface area contributed by atoms with Crippen LogP contribution in [0.5, 0.6) is 0 Å². The van der Waals surface area contributed by atoms with E-state index in [9.17, 15) is 8.42 Å². The van der Waals surface area contributed by atoms with Crippen LogP contribution in [-0.4, -0.2) is 25.8 Å². The van der Waals surface area contributed by atoms with Crippen LogP contribution in [0.4, 0.5) is 5.69 Å². The third kappa shape index (κ3) is 3.08. The molecule has 1 aliphatic carbocycles. The summed E-state index contributed by atoms with van der Waals surface area (Å²) in [5.74, 6) is 0. The SMILES string of the molecule is Cl.Nc1cccc2c(S(=O)(=O)N3CCC4=C(CCC=C4)C3)cccc12. The first-order valence-electron chi connectivity index (χ1n) is 8.22. The first kappa shape index (κ1) is 18.0. The Bertz CT molecular complexity index is 980. The monoisotopic (exact) mass is 376 g/mol. The zero-order valence-electron chi connectivity index (χ0n) is 13.8. The summed E-state index contributed by atoms with van der Waals surface area (Å²) in [4.78, 5) is 0.350. The van der Waals surface area contributed by atoms with Gasteiger partial charge in [-0.15, -0.1) is 12.4 Å². The Morgan fingerprint density at radius 2 is 1.76 bits per heavy atom. The first-order chi connectivity index (χ1) is 11.6. The molecular weight excluding hydrogens is 356 g/mol. The van der Waals surface area contributed by atoms with Crippen LogP contribution in [0.2, 0.25) is 0 Å². The number of fused-ring (bicyclic) bond motifs is 1. The van der Waals surface area contributed by atoms with E-state index in [1.165, 1.54) is 11.1 Å². The van der Waals surface area contributed by atoms with Crippen molar-refractivity contribution in [2.45, 2.75) is 24.2 Å². The lowest BCUT2D eigenvalue weighted by Crippen LogP contribution is -2.37. The van der Waals surface area contributed by atoms with Gasteiger partial charge in [0.1, 0.15) is 0 Å². The second-order valence-electron chi connectivity index (χ2n) is 6.36. The van der Waals surface area contributed by atoms with Gasteiger partial charge >= 0.3 is 0 Å². The van der Waals surface area contributed by atoms with Crippen LogP contribution in [0.1, 0.15) is 19.3 Å². The van der Waals surface area contributed by atoms with E-state index in [2.05, 4.69) is 12.2 Å². The number of benzene rings is 2. The van der Waals surface area contributed by atoms with Crippen LogP contribution < -0.4 is 5.73 Å². The maximum Gasteiger partial charge on any atom is 0.243 e. The number of nitrogen functional groups attached to an aromatic ring is 1. The van der Waals surface area contributed by atoms with Gasteiger partial charge in [-0.2, -0.15) is 4.31 Å². The number of nitrogens with two attached hydrogens (primary N) is 1. The third-order valence-electron chi connectivity index (χ3n) is 4.92. The van der Waals surface area contributed by atoms with E-state index < -0.39 is 10.0 Å². The Morgan fingerprint density at radius 3 is 2.60 bits per heavy atom.